The third-order valence-corrected chi connectivity index (χ3v) is 1.61. The van der Waals surface area contributed by atoms with Gasteiger partial charge < -0.3 is 9.47 Å². The maximum Gasteiger partial charge on any atom is 0.302 e. The number of hydrogen-bond acceptors (Lipinski definition) is 4. The predicted molar refractivity (Wildman–Crippen MR) is 44.1 cm³/mol. The molecule has 4 nitrogen and oxygen atoms in total. The molecule has 1 unspecified atom stereocenters. The molecule has 0 N–H and O–H groups in total. The fraction of sp³-hybridized carbons (Fsp3) is 0.750. The van der Waals surface area contributed by atoms with Crippen LogP contribution in [0.1, 0.15) is 20.8 Å². The van der Waals surface area contributed by atoms with Gasteiger partial charge in [0.15, 0.2) is 5.90 Å². The molecule has 0 radical (unpaired) electrons. The number of hydrogen-bond donors (Lipinski definition) is 0. The fourth-order valence-corrected chi connectivity index (χ4v) is 1.04. The summed E-state index contributed by atoms with van der Waals surface area (Å²) in [6.07, 6.45) is 0. The number of carbonyl (C=O) groups is 1. The van der Waals surface area contributed by atoms with Crippen LogP contribution in [-0.4, -0.2) is 30.6 Å². The number of esters is 1. The van der Waals surface area contributed by atoms with E-state index in [1.807, 2.05) is 6.92 Å². The molecule has 0 bridgehead atoms. The molecule has 4 heteroatoms. The number of carbonyl (C=O) groups excluding carboxylic acids is 1. The number of aliphatic imine (C=N–C) groups is 1. The van der Waals surface area contributed by atoms with Gasteiger partial charge in [-0.1, -0.05) is 0 Å². The molecule has 0 saturated carbocycles. The zero-order valence-electron chi connectivity index (χ0n) is 7.59. The Labute approximate surface area is 71.6 Å². The zero-order chi connectivity index (χ0) is 9.19. The van der Waals surface area contributed by atoms with Crippen molar-refractivity contribution in [1.29, 1.82) is 0 Å². The topological polar surface area (TPSA) is 47.9 Å². The highest BCUT2D eigenvalue weighted by Gasteiger charge is 2.31. The van der Waals surface area contributed by atoms with Crippen LogP contribution in [0.15, 0.2) is 4.99 Å². The smallest absolute Gasteiger partial charge is 0.302 e. The second-order valence-electron chi connectivity index (χ2n) is 3.20. The van der Waals surface area contributed by atoms with E-state index in [-0.39, 0.29) is 11.5 Å². The van der Waals surface area contributed by atoms with E-state index in [0.29, 0.717) is 19.1 Å². The van der Waals surface area contributed by atoms with Crippen LogP contribution in [0.25, 0.3) is 0 Å². The van der Waals surface area contributed by atoms with Gasteiger partial charge in [-0.15, -0.1) is 0 Å². The summed E-state index contributed by atoms with van der Waals surface area (Å²) in [6.45, 7) is 5.85. The Morgan fingerprint density at radius 3 is 2.92 bits per heavy atom. The molecule has 0 spiro atoms. The number of ether oxygens (including phenoxy) is 2. The average molecular weight is 171 g/mol. The molecule has 0 aromatic rings. The van der Waals surface area contributed by atoms with Crippen molar-refractivity contribution in [3.63, 3.8) is 0 Å². The van der Waals surface area contributed by atoms with Crippen LogP contribution in [0.4, 0.5) is 0 Å². The highest BCUT2D eigenvalue weighted by molar-refractivity contribution is 5.75. The van der Waals surface area contributed by atoms with Crippen molar-refractivity contribution in [1.82, 2.24) is 0 Å². The average Bonchev–Trinajstić information content (AvgIpc) is 2.29. The normalized spacial score (nSPS) is 27.8. The van der Waals surface area contributed by atoms with E-state index in [0.717, 1.165) is 0 Å². The molecule has 1 rings (SSSR count). The molecular formula is C8H13NO3. The summed E-state index contributed by atoms with van der Waals surface area (Å²) >= 11 is 0. The van der Waals surface area contributed by atoms with Crippen molar-refractivity contribution >= 4 is 11.9 Å². The Kier molecular flexibility index (Phi) is 2.35. The molecule has 68 valence electrons. The molecule has 0 amide bonds. The van der Waals surface area contributed by atoms with Crippen LogP contribution in [0.2, 0.25) is 0 Å². The summed E-state index contributed by atoms with van der Waals surface area (Å²) in [6, 6.07) is 0. The standard InChI is InChI=1S/C8H13NO3/c1-6-9-8(3,4-11-6)5-12-7(2)10/h4-5H2,1-3H3. The molecule has 0 saturated heterocycles. The summed E-state index contributed by atoms with van der Waals surface area (Å²) in [5.41, 5.74) is -0.379. The monoisotopic (exact) mass is 171 g/mol. The second kappa shape index (κ2) is 3.13. The summed E-state index contributed by atoms with van der Waals surface area (Å²) in [4.78, 5) is 14.7. The Balaban J connectivity index is 2.46. The minimum absolute atomic E-state index is 0.282. The van der Waals surface area contributed by atoms with Gasteiger partial charge in [0, 0.05) is 13.8 Å². The molecule has 1 aliphatic rings. The lowest BCUT2D eigenvalue weighted by molar-refractivity contribution is -0.142. The van der Waals surface area contributed by atoms with Gasteiger partial charge in [0.1, 0.15) is 18.8 Å². The van der Waals surface area contributed by atoms with Gasteiger partial charge in [-0.25, -0.2) is 4.99 Å². The Hall–Kier alpha value is -1.06. The first-order chi connectivity index (χ1) is 5.52. The molecule has 1 atom stereocenters. The first-order valence-corrected chi connectivity index (χ1v) is 3.84. The lowest BCUT2D eigenvalue weighted by atomic mass is 10.1. The van der Waals surface area contributed by atoms with Crippen molar-refractivity contribution in [3.05, 3.63) is 0 Å². The minimum Gasteiger partial charge on any atom is -0.479 e. The highest BCUT2D eigenvalue weighted by atomic mass is 16.5. The maximum absolute atomic E-state index is 10.5. The minimum atomic E-state index is -0.379. The van der Waals surface area contributed by atoms with Crippen molar-refractivity contribution in [2.75, 3.05) is 13.2 Å². The van der Waals surface area contributed by atoms with E-state index < -0.39 is 0 Å². The van der Waals surface area contributed by atoms with E-state index in [1.165, 1.54) is 6.92 Å². The van der Waals surface area contributed by atoms with Crippen LogP contribution in [0, 0.1) is 0 Å². The van der Waals surface area contributed by atoms with Crippen LogP contribution in [0.3, 0.4) is 0 Å². The Morgan fingerprint density at radius 1 is 1.83 bits per heavy atom. The third kappa shape index (κ3) is 2.22. The molecule has 12 heavy (non-hydrogen) atoms. The van der Waals surface area contributed by atoms with Crippen LogP contribution < -0.4 is 0 Å². The van der Waals surface area contributed by atoms with Crippen LogP contribution >= 0.6 is 0 Å². The van der Waals surface area contributed by atoms with Gasteiger partial charge in [0.05, 0.1) is 0 Å². The molecular weight excluding hydrogens is 158 g/mol. The first kappa shape index (κ1) is 9.03. The predicted octanol–water partition coefficient (Wildman–Crippen LogP) is 0.757. The van der Waals surface area contributed by atoms with Crippen molar-refractivity contribution in [2.24, 2.45) is 4.99 Å². The zero-order valence-corrected chi connectivity index (χ0v) is 7.59. The highest BCUT2D eigenvalue weighted by Crippen LogP contribution is 2.18. The van der Waals surface area contributed by atoms with Gasteiger partial charge in [0.2, 0.25) is 0 Å². The molecule has 0 aromatic heterocycles. The summed E-state index contributed by atoms with van der Waals surface area (Å²) in [5, 5.41) is 0. The van der Waals surface area contributed by atoms with Gasteiger partial charge in [-0.05, 0) is 6.92 Å². The van der Waals surface area contributed by atoms with Crippen molar-refractivity contribution in [3.8, 4) is 0 Å². The molecule has 0 aliphatic carbocycles. The first-order valence-electron chi connectivity index (χ1n) is 3.84. The van der Waals surface area contributed by atoms with Crippen LogP contribution in [-0.2, 0) is 14.3 Å². The molecule has 1 heterocycles. The van der Waals surface area contributed by atoms with Gasteiger partial charge >= 0.3 is 5.97 Å². The third-order valence-electron chi connectivity index (χ3n) is 1.61. The summed E-state index contributed by atoms with van der Waals surface area (Å²) in [5.74, 6) is 0.376. The molecule has 1 aliphatic heterocycles. The SMILES string of the molecule is CC(=O)OCC1(C)COC(C)=N1. The lowest BCUT2D eigenvalue weighted by Gasteiger charge is -2.16. The van der Waals surface area contributed by atoms with E-state index in [1.54, 1.807) is 6.92 Å². The van der Waals surface area contributed by atoms with E-state index in [4.69, 9.17) is 9.47 Å². The lowest BCUT2D eigenvalue weighted by Crippen LogP contribution is -2.31. The van der Waals surface area contributed by atoms with Crippen molar-refractivity contribution < 1.29 is 14.3 Å². The van der Waals surface area contributed by atoms with Gasteiger partial charge in [-0.2, -0.15) is 0 Å². The maximum atomic E-state index is 10.5. The quantitative estimate of drug-likeness (QED) is 0.576. The Bertz CT molecular complexity index is 224. The van der Waals surface area contributed by atoms with E-state index in [2.05, 4.69) is 4.99 Å². The number of rotatable bonds is 2. The summed E-state index contributed by atoms with van der Waals surface area (Å²) in [7, 11) is 0. The van der Waals surface area contributed by atoms with E-state index in [9.17, 15) is 4.79 Å². The van der Waals surface area contributed by atoms with E-state index >= 15 is 0 Å². The second-order valence-corrected chi connectivity index (χ2v) is 3.20. The molecule has 0 fully saturated rings. The summed E-state index contributed by atoms with van der Waals surface area (Å²) < 4.78 is 10.0. The Morgan fingerprint density at radius 2 is 2.50 bits per heavy atom. The van der Waals surface area contributed by atoms with Gasteiger partial charge in [-0.3, -0.25) is 4.79 Å². The molecule has 0 aromatic carbocycles. The van der Waals surface area contributed by atoms with Gasteiger partial charge in [0.25, 0.3) is 0 Å². The fourth-order valence-electron chi connectivity index (χ4n) is 1.04. The number of nitrogens with zero attached hydrogens (tertiary/aromatic N) is 1. The largest absolute Gasteiger partial charge is 0.479 e. The van der Waals surface area contributed by atoms with Crippen LogP contribution in [0.5, 0.6) is 0 Å². The van der Waals surface area contributed by atoms with Crippen molar-refractivity contribution in [2.45, 2.75) is 26.3 Å².